The number of hydrogen-bond donors (Lipinski definition) is 4. The number of carbonyl (C=O) groups is 2. The molecule has 0 bridgehead atoms. The van der Waals surface area contributed by atoms with Gasteiger partial charge in [0, 0.05) is 30.3 Å². The lowest BCUT2D eigenvalue weighted by atomic mass is 9.72. The van der Waals surface area contributed by atoms with Crippen LogP contribution in [0.5, 0.6) is 0 Å². The van der Waals surface area contributed by atoms with Crippen LogP contribution >= 0.6 is 0 Å². The van der Waals surface area contributed by atoms with Crippen molar-refractivity contribution in [2.75, 3.05) is 34.8 Å². The first-order valence-electron chi connectivity index (χ1n) is 20.2. The molecule has 0 aliphatic carbocycles. The number of ether oxygens (including phenoxy) is 5. The molecule has 320 valence electrons. The van der Waals surface area contributed by atoms with Crippen molar-refractivity contribution in [1.29, 1.82) is 0 Å². The number of carbonyl (C=O) groups excluding carboxylic acids is 2. The fourth-order valence-electron chi connectivity index (χ4n) is 9.20. The summed E-state index contributed by atoms with van der Waals surface area (Å²) in [6.45, 7) is 17.6. The fraction of sp³-hybridized carbons (Fsp3) is 0.767. The zero-order valence-corrected chi connectivity index (χ0v) is 35.8. The van der Waals surface area contributed by atoms with E-state index in [-0.39, 0.29) is 50.0 Å². The van der Waals surface area contributed by atoms with Gasteiger partial charge in [0.1, 0.15) is 23.9 Å². The number of rotatable bonds is 12. The molecule has 4 N–H and O–H groups in total. The minimum absolute atomic E-state index is 0.0614. The minimum atomic E-state index is -1.86. The van der Waals surface area contributed by atoms with Crippen molar-refractivity contribution in [2.45, 2.75) is 153 Å². The summed E-state index contributed by atoms with van der Waals surface area (Å²) < 4.78 is 31.2. The van der Waals surface area contributed by atoms with Gasteiger partial charge in [0.25, 0.3) is 0 Å². The Kier molecular flexibility index (Phi) is 17.5. The predicted molar refractivity (Wildman–Crippen MR) is 213 cm³/mol. The largest absolute Gasteiger partial charge is 0.459 e. The summed E-state index contributed by atoms with van der Waals surface area (Å²) in [5.41, 5.74) is -2.72. The molecule has 2 heterocycles. The smallest absolute Gasteiger partial charge is 0.335 e. The van der Waals surface area contributed by atoms with E-state index in [4.69, 9.17) is 23.7 Å². The normalized spacial score (nSPS) is 39.8. The van der Waals surface area contributed by atoms with Gasteiger partial charge in [-0.15, -0.1) is 6.58 Å². The quantitative estimate of drug-likeness (QED) is 0.179. The van der Waals surface area contributed by atoms with Gasteiger partial charge in [-0.25, -0.2) is 4.79 Å². The van der Waals surface area contributed by atoms with Crippen LogP contribution in [-0.4, -0.2) is 149 Å². The molecule has 2 saturated heterocycles. The highest BCUT2D eigenvalue weighted by atomic mass is 16.7. The number of hydrogen-bond acceptors (Lipinski definition) is 13. The summed E-state index contributed by atoms with van der Waals surface area (Å²) in [6, 6.07) is 8.63. The maximum atomic E-state index is 14.3. The van der Waals surface area contributed by atoms with E-state index in [1.807, 2.05) is 89.1 Å². The summed E-state index contributed by atoms with van der Waals surface area (Å²) in [7, 11) is 7.48. The van der Waals surface area contributed by atoms with Crippen LogP contribution in [0, 0.1) is 23.7 Å². The Morgan fingerprint density at radius 3 is 2.20 bits per heavy atom. The van der Waals surface area contributed by atoms with Gasteiger partial charge in [0.05, 0.1) is 36.4 Å². The van der Waals surface area contributed by atoms with Crippen LogP contribution in [0.2, 0.25) is 0 Å². The van der Waals surface area contributed by atoms with Gasteiger partial charge in [0.15, 0.2) is 12.4 Å². The molecule has 13 nitrogen and oxygen atoms in total. The van der Waals surface area contributed by atoms with E-state index in [2.05, 4.69) is 6.58 Å². The van der Waals surface area contributed by atoms with Gasteiger partial charge >= 0.3 is 11.9 Å². The first kappa shape index (κ1) is 47.9. The third-order valence-corrected chi connectivity index (χ3v) is 12.1. The highest BCUT2D eigenvalue weighted by molar-refractivity contribution is 5.77. The molecular weight excluding hydrogens is 720 g/mol. The van der Waals surface area contributed by atoms with Gasteiger partial charge < -0.3 is 53.9 Å². The third kappa shape index (κ3) is 11.6. The molecule has 0 amide bonds. The minimum Gasteiger partial charge on any atom is -0.459 e. The molecule has 1 aromatic rings. The number of esters is 2. The van der Waals surface area contributed by atoms with E-state index >= 15 is 0 Å². The van der Waals surface area contributed by atoms with E-state index < -0.39 is 83.8 Å². The predicted octanol–water partition coefficient (Wildman–Crippen LogP) is 3.59. The second-order valence-electron chi connectivity index (χ2n) is 17.3. The molecule has 0 saturated carbocycles. The van der Waals surface area contributed by atoms with Crippen molar-refractivity contribution >= 4 is 11.9 Å². The molecule has 2 fully saturated rings. The lowest BCUT2D eigenvalue weighted by Crippen LogP contribution is -2.61. The van der Waals surface area contributed by atoms with E-state index in [9.17, 15) is 30.0 Å². The van der Waals surface area contributed by atoms with Crippen LogP contribution in [0.25, 0.3) is 0 Å². The number of cyclic esters (lactones) is 1. The zero-order valence-electron chi connectivity index (χ0n) is 35.8. The SMILES string of the molecule is C=CCOC(Cc1ccccc1)C(=O)O[C@H]1[C@H](C)[C@@H](O[C@@H]2O[C@H](C)C[C@H](N(C)C)[C@H]2O)[C@@](C)(O)C[C@@H](C)[C@H](N(C)C)[C@H](C)[C@@H](O)[C@](C)(O)C(CC)OC(=O)[C@@H]1C. The van der Waals surface area contributed by atoms with Crippen molar-refractivity contribution in [1.82, 2.24) is 9.80 Å². The summed E-state index contributed by atoms with van der Waals surface area (Å²) in [4.78, 5) is 32.4. The first-order chi connectivity index (χ1) is 26.1. The molecule has 2 aliphatic heterocycles. The number of aliphatic hydroxyl groups is 4. The molecule has 3 rings (SSSR count). The Hall–Kier alpha value is -2.46. The Morgan fingerprint density at radius 2 is 1.64 bits per heavy atom. The molecular formula is C43H72N2O11. The molecule has 0 spiro atoms. The molecule has 1 aromatic carbocycles. The summed E-state index contributed by atoms with van der Waals surface area (Å²) in [5, 5.41) is 48.0. The molecule has 2 unspecified atom stereocenters. The fourth-order valence-corrected chi connectivity index (χ4v) is 9.20. The molecule has 13 heteroatoms. The van der Waals surface area contributed by atoms with Crippen molar-refractivity contribution in [3.8, 4) is 0 Å². The van der Waals surface area contributed by atoms with Gasteiger partial charge in [-0.3, -0.25) is 4.79 Å². The highest BCUT2D eigenvalue weighted by Gasteiger charge is 2.53. The van der Waals surface area contributed by atoms with Crippen LogP contribution in [0.3, 0.4) is 0 Å². The molecule has 16 atom stereocenters. The van der Waals surface area contributed by atoms with Crippen LogP contribution in [0.15, 0.2) is 43.0 Å². The average molecular weight is 793 g/mol. The second-order valence-corrected chi connectivity index (χ2v) is 17.3. The van der Waals surface area contributed by atoms with Crippen LogP contribution in [-0.2, 0) is 39.7 Å². The number of nitrogens with zero attached hydrogens (tertiary/aromatic N) is 2. The summed E-state index contributed by atoms with van der Waals surface area (Å²) >= 11 is 0. The number of aliphatic hydroxyl groups excluding tert-OH is 2. The van der Waals surface area contributed by atoms with Crippen molar-refractivity contribution in [3.05, 3.63) is 48.6 Å². The summed E-state index contributed by atoms with van der Waals surface area (Å²) in [5.74, 6) is -4.45. The van der Waals surface area contributed by atoms with Crippen molar-refractivity contribution < 1.29 is 53.7 Å². The number of benzene rings is 1. The van der Waals surface area contributed by atoms with Gasteiger partial charge in [-0.05, 0) is 86.6 Å². The first-order valence-corrected chi connectivity index (χ1v) is 20.2. The van der Waals surface area contributed by atoms with E-state index in [1.165, 1.54) is 13.0 Å². The lowest BCUT2D eigenvalue weighted by Gasteiger charge is -2.49. The van der Waals surface area contributed by atoms with Crippen LogP contribution in [0.1, 0.15) is 80.2 Å². The second kappa shape index (κ2) is 20.5. The standard InChI is InChI=1S/C43H72N2O11/c1-14-21-52-32(23-30-19-17-16-18-20-30)40(49)55-36-28(6)38(56-41-35(46)31(44(10)11)22-26(4)53-41)42(8,50)24-25(3)34(45(12)13)27(5)37(47)43(9,51)33(15-2)54-39(48)29(36)7/h14,16-20,25-29,31-38,41,46-47,50-51H,1,15,21-24H2,2-13H3/t25-,26-,27+,28+,29-,31+,32?,33?,34+,35-,36+,37-,38-,41+,42+,43-/m1/s1. The maximum absolute atomic E-state index is 14.3. The van der Waals surface area contributed by atoms with Gasteiger partial charge in [-0.1, -0.05) is 64.1 Å². The molecule has 0 radical (unpaired) electrons. The monoisotopic (exact) mass is 793 g/mol. The van der Waals surface area contributed by atoms with Crippen LogP contribution in [0.4, 0.5) is 0 Å². The summed E-state index contributed by atoms with van der Waals surface area (Å²) in [6.07, 6.45) is -5.99. The highest BCUT2D eigenvalue weighted by Crippen LogP contribution is 2.40. The van der Waals surface area contributed by atoms with Crippen LogP contribution < -0.4 is 0 Å². The number of likely N-dealkylation sites (N-methyl/N-ethyl adjacent to an activating group) is 1. The lowest BCUT2D eigenvalue weighted by molar-refractivity contribution is -0.300. The van der Waals surface area contributed by atoms with E-state index in [0.717, 1.165) is 5.56 Å². The van der Waals surface area contributed by atoms with Gasteiger partial charge in [-0.2, -0.15) is 0 Å². The molecule has 2 aliphatic rings. The topological polar surface area (TPSA) is 168 Å². The van der Waals surface area contributed by atoms with E-state index in [1.54, 1.807) is 27.7 Å². The Balaban J connectivity index is 2.23. The molecule has 0 aromatic heterocycles. The van der Waals surface area contributed by atoms with Crippen molar-refractivity contribution in [2.24, 2.45) is 23.7 Å². The van der Waals surface area contributed by atoms with Crippen molar-refractivity contribution in [3.63, 3.8) is 0 Å². The Morgan fingerprint density at radius 1 is 1.02 bits per heavy atom. The Bertz CT molecular complexity index is 1390. The van der Waals surface area contributed by atoms with E-state index in [0.29, 0.717) is 6.42 Å². The van der Waals surface area contributed by atoms with Gasteiger partial charge in [0.2, 0.25) is 0 Å². The Labute approximate surface area is 335 Å². The molecule has 56 heavy (non-hydrogen) atoms. The maximum Gasteiger partial charge on any atom is 0.335 e. The third-order valence-electron chi connectivity index (χ3n) is 12.1. The average Bonchev–Trinajstić information content (AvgIpc) is 3.12. The zero-order chi connectivity index (χ0) is 42.3.